The second-order valence-corrected chi connectivity index (χ2v) is 46.5. The maximum absolute atomic E-state index is 2.97. The molecule has 5 aromatic heterocycles. The lowest BCUT2D eigenvalue weighted by Crippen LogP contribution is -2.48. The van der Waals surface area contributed by atoms with E-state index in [-0.39, 0.29) is 0 Å². The first-order valence-electron chi connectivity index (χ1n) is 58.2. The van der Waals surface area contributed by atoms with Gasteiger partial charge in [-0.15, -0.1) is 0 Å². The highest BCUT2D eigenvalue weighted by atomic mass is 15.3. The summed E-state index contributed by atoms with van der Waals surface area (Å²) < 4.78 is 27.6. The van der Waals surface area contributed by atoms with Crippen molar-refractivity contribution in [2.24, 2.45) is 0 Å². The summed E-state index contributed by atoms with van der Waals surface area (Å²) in [5.74, 6) is 13.3. The van der Waals surface area contributed by atoms with Crippen molar-refractivity contribution in [3.8, 4) is 39.7 Å². The van der Waals surface area contributed by atoms with Crippen LogP contribution in [0, 0.1) is 83.1 Å². The quantitative estimate of drug-likeness (QED) is 0.0769. The zero-order valence-corrected chi connectivity index (χ0v) is 89.0. The standard InChI is InChI=1S/C28H41N2.C28H35N2.C27H39N2.2C23H33N2/c2*1-21-13-9-12-20-26(21)29-22(2)27(23-14-5-3-6-15-23)30(25-18-7-4-8-19-25)28(29)24-16-10-11-17-24;1-20-12-6-11-19-25(20)28-21(2)26(22-13-7-8-14-22)29(24-17-4-3-5-18-24)27(28)23-15-9-10-16-23;2*1-17-11-7-10-16-22(17)25-19(3)18(2)24(21-14-5-4-6-15-21)23(25)20-12-8-9-13-20/h9,12-13,20,23-25H,3-8,10-11,14-19H2,1-2H3;3,5-6,9,12-15,20,24-25H,4,7-8,10-11,16-19H2,1-2H3;6,11-12,19,22-24H,3-5,7-10,13-18H2,1-2H3;2*7,10-11,16,20-21H,4-6,8-9,12-15H2,1-3H3/q5*+1. The van der Waals surface area contributed by atoms with Gasteiger partial charge in [0.15, 0.2) is 11.4 Å². The minimum atomic E-state index is 0.633. The summed E-state index contributed by atoms with van der Waals surface area (Å²) >= 11 is 0. The third-order valence-electron chi connectivity index (χ3n) is 37.5. The molecule has 0 unspecified atom stereocenters. The van der Waals surface area contributed by atoms with E-state index in [2.05, 4.69) is 280 Å². The second kappa shape index (κ2) is 46.4. The van der Waals surface area contributed by atoms with E-state index in [0.29, 0.717) is 24.0 Å². The molecule has 742 valence electrons. The molecule has 11 aromatic rings. The average molecular weight is 1870 g/mol. The van der Waals surface area contributed by atoms with Crippen LogP contribution >= 0.6 is 0 Å². The lowest BCUT2D eigenvalue weighted by molar-refractivity contribution is -0.740. The Morgan fingerprint density at radius 3 is 0.619 bits per heavy atom. The summed E-state index contributed by atoms with van der Waals surface area (Å²) in [7, 11) is 0. The Kier molecular flexibility index (Phi) is 33.1. The topological polar surface area (TPSA) is 44.0 Å². The summed E-state index contributed by atoms with van der Waals surface area (Å²) in [6.07, 6.45) is 75.1. The molecular weight excluding hydrogens is 1690 g/mol. The third kappa shape index (κ3) is 21.0. The lowest BCUT2D eigenvalue weighted by Gasteiger charge is -2.27. The van der Waals surface area contributed by atoms with Crippen LogP contribution < -0.4 is 22.8 Å². The molecule has 6 aromatic carbocycles. The fourth-order valence-corrected chi connectivity index (χ4v) is 30.3. The van der Waals surface area contributed by atoms with Crippen molar-refractivity contribution in [3.63, 3.8) is 0 Å². The highest BCUT2D eigenvalue weighted by Gasteiger charge is 2.48. The molecule has 139 heavy (non-hydrogen) atoms. The molecule has 0 bridgehead atoms. The molecule has 10 heteroatoms. The van der Waals surface area contributed by atoms with Gasteiger partial charge in [0.05, 0.1) is 29.6 Å². The van der Waals surface area contributed by atoms with Crippen molar-refractivity contribution in [2.45, 2.75) is 501 Å². The van der Waals surface area contributed by atoms with E-state index in [1.165, 1.54) is 443 Å². The fourth-order valence-electron chi connectivity index (χ4n) is 30.3. The van der Waals surface area contributed by atoms with Gasteiger partial charge in [-0.1, -0.05) is 250 Å². The molecule has 10 nitrogen and oxygen atoms in total. The highest BCUT2D eigenvalue weighted by molar-refractivity contribution is 5.61. The van der Waals surface area contributed by atoms with Crippen LogP contribution in [-0.4, -0.2) is 22.8 Å². The van der Waals surface area contributed by atoms with E-state index in [4.69, 9.17) is 0 Å². The third-order valence-corrected chi connectivity index (χ3v) is 37.5. The molecule has 0 saturated heterocycles. The van der Waals surface area contributed by atoms with Crippen LogP contribution in [-0.2, 0) is 0 Å². The molecule has 0 radical (unpaired) electrons. The van der Waals surface area contributed by atoms with E-state index in [1.807, 2.05) is 0 Å². The van der Waals surface area contributed by atoms with Crippen molar-refractivity contribution in [2.75, 3.05) is 0 Å². The van der Waals surface area contributed by atoms with Crippen molar-refractivity contribution in [1.82, 2.24) is 22.8 Å². The molecule has 12 aliphatic rings. The Labute approximate surface area is 841 Å². The van der Waals surface area contributed by atoms with Crippen molar-refractivity contribution >= 4 is 0 Å². The summed E-state index contributed by atoms with van der Waals surface area (Å²) in [4.78, 5) is 0. The van der Waals surface area contributed by atoms with E-state index in [1.54, 1.807) is 51.9 Å². The number of aryl methyl sites for hydroxylation is 5. The number of aromatic nitrogens is 10. The first-order chi connectivity index (χ1) is 68.1. The second-order valence-electron chi connectivity index (χ2n) is 46.5. The van der Waals surface area contributed by atoms with Crippen LogP contribution in [0.3, 0.4) is 0 Å². The Balaban J connectivity index is 0.000000111. The maximum atomic E-state index is 2.97. The van der Waals surface area contributed by atoms with Gasteiger partial charge in [-0.3, -0.25) is 0 Å². The van der Waals surface area contributed by atoms with Crippen LogP contribution in [0.1, 0.15) is 527 Å². The summed E-state index contributed by atoms with van der Waals surface area (Å²) in [5, 5.41) is 0. The van der Waals surface area contributed by atoms with Gasteiger partial charge in [0.1, 0.15) is 104 Å². The molecule has 12 saturated carbocycles. The Morgan fingerprint density at radius 2 is 0.360 bits per heavy atom. The van der Waals surface area contributed by atoms with Crippen molar-refractivity contribution < 1.29 is 22.8 Å². The smallest absolute Gasteiger partial charge is 0.228 e. The molecule has 0 aliphatic heterocycles. The largest absolute Gasteiger partial charge is 0.265 e. The SMILES string of the molecule is Cc1ccccc1-n1c(C)c(-c2ccccc2)[n+](C2CCCCC2)c1C1CCCC1.Cc1ccccc1-n1c(C)c(C)[n+](C2CCCCC2)c1C1CCCC1.Cc1ccccc1-n1c(C)c(C)[n+](C2CCCCC2)c1C1CCCC1.Cc1ccccc1-n1c(C)c(C2CCCC2)[n+](C2CCCCC2)c1C1CCCC1.Cc1ccccc1-n1c(C)c(C2CCCCC2)[n+](C2CCCCC2)c1C1CCCC1. The molecule has 0 amide bonds. The zero-order valence-electron chi connectivity index (χ0n) is 89.0. The molecule has 5 heterocycles. The fraction of sp³-hybridized carbons (Fsp3) is 0.605. The highest BCUT2D eigenvalue weighted by Crippen LogP contribution is 2.49. The molecule has 0 atom stereocenters. The minimum Gasteiger partial charge on any atom is -0.228 e. The number of benzene rings is 6. The summed E-state index contributed by atoms with van der Waals surface area (Å²) in [6, 6.07) is 59.7. The minimum absolute atomic E-state index is 0.633. The predicted octanol–water partition coefficient (Wildman–Crippen LogP) is 33.7. The Bertz CT molecular complexity index is 5720. The molecule has 23 rings (SSSR count). The molecule has 0 spiro atoms. The molecule has 12 fully saturated rings. The van der Waals surface area contributed by atoms with Crippen LogP contribution in [0.2, 0.25) is 0 Å². The van der Waals surface area contributed by atoms with Gasteiger partial charge in [0, 0.05) is 65.9 Å². The number of hydrogen-bond donors (Lipinski definition) is 0. The zero-order chi connectivity index (χ0) is 95.6. The van der Waals surface area contributed by atoms with Gasteiger partial charge in [0.2, 0.25) is 0 Å². The van der Waals surface area contributed by atoms with Crippen LogP contribution in [0.4, 0.5) is 0 Å². The van der Waals surface area contributed by atoms with Gasteiger partial charge in [-0.05, 0) is 311 Å². The average Bonchev–Trinajstić information content (AvgIpc) is 1.58. The molecule has 0 N–H and O–H groups in total. The van der Waals surface area contributed by atoms with Crippen LogP contribution in [0.5, 0.6) is 0 Å². The summed E-state index contributed by atoms with van der Waals surface area (Å²) in [6.45, 7) is 28.0. The van der Waals surface area contributed by atoms with Gasteiger partial charge in [-0.2, -0.15) is 22.8 Å². The van der Waals surface area contributed by atoms with Gasteiger partial charge >= 0.3 is 0 Å². The Morgan fingerprint density at radius 1 is 0.173 bits per heavy atom. The number of nitrogens with zero attached hydrogens (tertiary/aromatic N) is 10. The van der Waals surface area contributed by atoms with Gasteiger partial charge < -0.3 is 0 Å². The number of hydrogen-bond acceptors (Lipinski definition) is 0. The normalized spacial score (nSPS) is 20.3. The monoisotopic (exact) mass is 1870 g/mol. The van der Waals surface area contributed by atoms with Crippen molar-refractivity contribution in [1.29, 1.82) is 0 Å². The van der Waals surface area contributed by atoms with Gasteiger partial charge in [0.25, 0.3) is 29.1 Å². The first kappa shape index (κ1) is 99.1. The molecular formula is C129H181N10+5. The maximum Gasteiger partial charge on any atom is 0.265 e. The van der Waals surface area contributed by atoms with E-state index in [0.717, 1.165) is 47.6 Å². The number of para-hydroxylation sites is 5. The Hall–Kier alpha value is -8.63. The first-order valence-corrected chi connectivity index (χ1v) is 58.2. The summed E-state index contributed by atoms with van der Waals surface area (Å²) in [5.41, 5.74) is 30.7. The number of imidazole rings is 5. The lowest BCUT2D eigenvalue weighted by atomic mass is 9.85. The van der Waals surface area contributed by atoms with Gasteiger partial charge in [-0.25, -0.2) is 22.8 Å². The van der Waals surface area contributed by atoms with Crippen molar-refractivity contribution in [3.05, 3.63) is 260 Å². The van der Waals surface area contributed by atoms with E-state index >= 15 is 0 Å². The van der Waals surface area contributed by atoms with E-state index < -0.39 is 0 Å². The molecule has 12 aliphatic carbocycles. The number of rotatable bonds is 18. The van der Waals surface area contributed by atoms with Crippen LogP contribution in [0.25, 0.3) is 39.7 Å². The predicted molar refractivity (Wildman–Crippen MR) is 576 cm³/mol. The van der Waals surface area contributed by atoms with E-state index in [9.17, 15) is 0 Å². The van der Waals surface area contributed by atoms with Crippen LogP contribution in [0.15, 0.2) is 152 Å².